The van der Waals surface area contributed by atoms with E-state index >= 15 is 0 Å². The van der Waals surface area contributed by atoms with E-state index in [1.807, 2.05) is 0 Å². The van der Waals surface area contributed by atoms with Gasteiger partial charge in [0.1, 0.15) is 0 Å². The molecular weight excluding hydrogens is 555 g/mol. The van der Waals surface area contributed by atoms with Crippen LogP contribution in [0.15, 0.2) is 87.3 Å². The van der Waals surface area contributed by atoms with Gasteiger partial charge in [0, 0.05) is 0 Å². The van der Waals surface area contributed by atoms with Crippen molar-refractivity contribution in [2.45, 2.75) is 60.4 Å². The quantitative estimate of drug-likeness (QED) is 0.230. The predicted octanol–water partition coefficient (Wildman–Crippen LogP) is -2.67. The third kappa shape index (κ3) is 4.55. The zero-order valence-electron chi connectivity index (χ0n) is 22.5. The molecule has 1 atom stereocenters. The van der Waals surface area contributed by atoms with E-state index in [4.69, 9.17) is 0 Å². The summed E-state index contributed by atoms with van der Waals surface area (Å²) in [5.74, 6) is 0. The van der Waals surface area contributed by atoms with Crippen LogP contribution in [-0.4, -0.2) is 8.07 Å². The fourth-order valence-electron chi connectivity index (χ4n) is 6.58. The standard InChI is InChI=1S/C31H35Si.3ClH.Ti/c1-21-14-12-15-22(2)29(21)32(28-18-10-9-11-19-28,30-23(3)16-13-17-24(30)4)31(8)20-25(5)26(6)27(31)7;;;;/h9-19H,1-8H3;3*1H;/q;;;;+3/p-3. The van der Waals surface area contributed by atoms with E-state index in [0.29, 0.717) is 0 Å². The predicted molar refractivity (Wildman–Crippen MR) is 142 cm³/mol. The summed E-state index contributed by atoms with van der Waals surface area (Å²) in [5, 5.41) is 4.61. The van der Waals surface area contributed by atoms with Crippen molar-refractivity contribution in [3.05, 3.63) is 110 Å². The zero-order chi connectivity index (χ0) is 24.1. The minimum Gasteiger partial charge on any atom is -1.00 e. The first-order chi connectivity index (χ1) is 15.6. The van der Waals surface area contributed by atoms with Gasteiger partial charge < -0.3 is 37.2 Å². The Hall–Kier alpha value is -1.06. The van der Waals surface area contributed by atoms with Crippen LogP contribution < -0.4 is 52.8 Å². The molecule has 0 amide bonds. The Morgan fingerprint density at radius 2 is 0.944 bits per heavy atom. The van der Waals surface area contributed by atoms with Gasteiger partial charge in [0.15, 0.2) is 0 Å². The van der Waals surface area contributed by atoms with Gasteiger partial charge in [0.25, 0.3) is 0 Å². The first kappa shape index (κ1) is 33.0. The number of aryl methyl sites for hydroxylation is 4. The zero-order valence-corrected chi connectivity index (χ0v) is 27.3. The summed E-state index contributed by atoms with van der Waals surface area (Å²) < 4.78 is 1.54. The van der Waals surface area contributed by atoms with Crippen molar-refractivity contribution in [1.82, 2.24) is 0 Å². The van der Waals surface area contributed by atoms with Gasteiger partial charge in [-0.2, -0.15) is 0 Å². The van der Waals surface area contributed by atoms with Crippen LogP contribution in [0.4, 0.5) is 0 Å². The molecule has 0 aliphatic heterocycles. The van der Waals surface area contributed by atoms with Crippen LogP contribution in [0.3, 0.4) is 0 Å². The summed E-state index contributed by atoms with van der Waals surface area (Å²) in [7, 11) is -2.62. The van der Waals surface area contributed by atoms with Crippen LogP contribution in [0, 0.1) is 27.7 Å². The third-order valence-corrected chi connectivity index (χ3v) is 16.6. The van der Waals surface area contributed by atoms with Crippen molar-refractivity contribution in [2.75, 3.05) is 0 Å². The molecular formula is C31H35Cl3SiTi. The summed E-state index contributed by atoms with van der Waals surface area (Å²) in [6, 6.07) is 25.3. The average Bonchev–Trinajstić information content (AvgIpc) is 2.94. The Morgan fingerprint density at radius 1 is 0.556 bits per heavy atom. The molecule has 3 aromatic carbocycles. The molecule has 0 heterocycles. The molecule has 0 saturated carbocycles. The van der Waals surface area contributed by atoms with Crippen LogP contribution >= 0.6 is 0 Å². The second kappa shape index (κ2) is 12.2. The van der Waals surface area contributed by atoms with Gasteiger partial charge in [0.2, 0.25) is 0 Å². The Kier molecular flexibility index (Phi) is 11.2. The normalized spacial score (nSPS) is 17.4. The number of hydrogen-bond donors (Lipinski definition) is 0. The van der Waals surface area contributed by atoms with E-state index < -0.39 is 8.07 Å². The van der Waals surface area contributed by atoms with Crippen molar-refractivity contribution in [3.8, 4) is 0 Å². The Balaban J connectivity index is 0.00000216. The fourth-order valence-corrected chi connectivity index (χ4v) is 15.2. The maximum Gasteiger partial charge on any atom is -1.00 e. The second-order valence-electron chi connectivity index (χ2n) is 10.0. The molecule has 0 spiro atoms. The fraction of sp³-hybridized carbons (Fsp3) is 0.290. The Labute approximate surface area is 249 Å². The second-order valence-corrected chi connectivity index (χ2v) is 14.9. The summed E-state index contributed by atoms with van der Waals surface area (Å²) >= 11 is 2.40. The summed E-state index contributed by atoms with van der Waals surface area (Å²) in [5.41, 5.74) is 10.1. The largest absolute Gasteiger partial charge is 1.00 e. The molecule has 5 heteroatoms. The number of hydrogen-bond acceptors (Lipinski definition) is 0. The number of allylic oxidation sites excluding steroid dienone is 4. The SMILES string of the molecule is CC1=C(C)C(C)([Si](c2ccccc2)(c2c(C)cccc2C)c2c(C)cccc2C)[C]([Ti+3])=C1C.[Cl-].[Cl-].[Cl-]. The number of halogens is 3. The minimum atomic E-state index is -2.62. The maximum absolute atomic E-state index is 2.62. The first-order valence-corrected chi connectivity index (χ1v) is 14.7. The monoisotopic (exact) mass is 588 g/mol. The van der Waals surface area contributed by atoms with E-state index in [1.54, 1.807) is 19.8 Å². The van der Waals surface area contributed by atoms with Crippen molar-refractivity contribution in [1.29, 1.82) is 0 Å². The molecule has 4 rings (SSSR count). The van der Waals surface area contributed by atoms with Gasteiger partial charge in [-0.25, -0.2) is 0 Å². The molecule has 36 heavy (non-hydrogen) atoms. The van der Waals surface area contributed by atoms with E-state index in [1.165, 1.54) is 38.6 Å². The Bertz CT molecular complexity index is 1190. The molecule has 0 radical (unpaired) electrons. The van der Waals surface area contributed by atoms with Crippen LogP contribution in [0.2, 0.25) is 5.04 Å². The molecule has 1 aliphatic carbocycles. The van der Waals surface area contributed by atoms with Crippen molar-refractivity contribution in [3.63, 3.8) is 0 Å². The van der Waals surface area contributed by atoms with Crippen LogP contribution in [0.1, 0.15) is 49.9 Å². The average molecular weight is 590 g/mol. The number of rotatable bonds is 4. The van der Waals surface area contributed by atoms with E-state index in [-0.39, 0.29) is 42.3 Å². The summed E-state index contributed by atoms with van der Waals surface area (Å²) in [4.78, 5) is 0. The van der Waals surface area contributed by atoms with Gasteiger partial charge in [-0.1, -0.05) is 0 Å². The smallest absolute Gasteiger partial charge is 1.00 e. The van der Waals surface area contributed by atoms with E-state index in [2.05, 4.69) is 143 Å². The minimum absolute atomic E-state index is 0. The van der Waals surface area contributed by atoms with Gasteiger partial charge in [-0.05, 0) is 0 Å². The number of benzene rings is 3. The van der Waals surface area contributed by atoms with E-state index in [9.17, 15) is 0 Å². The molecule has 188 valence electrons. The molecule has 0 nitrogen and oxygen atoms in total. The summed E-state index contributed by atoms with van der Waals surface area (Å²) in [6.45, 7) is 19.0. The molecule has 0 N–H and O–H groups in total. The molecule has 1 unspecified atom stereocenters. The van der Waals surface area contributed by atoms with Gasteiger partial charge >= 0.3 is 214 Å². The molecule has 0 saturated heterocycles. The van der Waals surface area contributed by atoms with Crippen LogP contribution in [-0.2, 0) is 20.4 Å². The first-order valence-electron chi connectivity index (χ1n) is 11.9. The van der Waals surface area contributed by atoms with E-state index in [0.717, 1.165) is 0 Å². The van der Waals surface area contributed by atoms with Gasteiger partial charge in [-0.15, -0.1) is 0 Å². The molecule has 0 bridgehead atoms. The van der Waals surface area contributed by atoms with Crippen molar-refractivity contribution >= 4 is 23.6 Å². The summed E-state index contributed by atoms with van der Waals surface area (Å²) in [6.07, 6.45) is 0. The molecule has 0 fully saturated rings. The van der Waals surface area contributed by atoms with Crippen molar-refractivity contribution < 1.29 is 57.7 Å². The van der Waals surface area contributed by atoms with Crippen LogP contribution in [0.25, 0.3) is 0 Å². The topological polar surface area (TPSA) is 0 Å². The van der Waals surface area contributed by atoms with Gasteiger partial charge in [0.05, 0.1) is 0 Å². The third-order valence-electron chi connectivity index (χ3n) is 8.42. The Morgan fingerprint density at radius 3 is 1.28 bits per heavy atom. The molecule has 0 aromatic heterocycles. The van der Waals surface area contributed by atoms with Crippen molar-refractivity contribution in [2.24, 2.45) is 0 Å². The van der Waals surface area contributed by atoms with Crippen LogP contribution in [0.5, 0.6) is 0 Å². The van der Waals surface area contributed by atoms with Gasteiger partial charge in [-0.3, -0.25) is 0 Å². The maximum atomic E-state index is 2.56. The molecule has 1 aliphatic rings. The molecule has 3 aromatic rings.